The van der Waals surface area contributed by atoms with Crippen LogP contribution in [0.1, 0.15) is 32.1 Å². The van der Waals surface area contributed by atoms with Gasteiger partial charge in [0.15, 0.2) is 0 Å². The quantitative estimate of drug-likeness (QED) is 0.557. The fourth-order valence-corrected chi connectivity index (χ4v) is 1.34. The third kappa shape index (κ3) is 1.70. The van der Waals surface area contributed by atoms with Crippen molar-refractivity contribution >= 4 is 12.6 Å². The molecule has 0 heterocycles. The summed E-state index contributed by atoms with van der Waals surface area (Å²) < 4.78 is 0. The van der Waals surface area contributed by atoms with Crippen LogP contribution in [0, 0.1) is 5.92 Å². The standard InChI is InChI=1S/C7H14S/c8-6-2-5-7-3-1-4-7/h7-8H,1-6H2. The molecule has 0 nitrogen and oxygen atoms in total. The van der Waals surface area contributed by atoms with Gasteiger partial charge in [0.05, 0.1) is 0 Å². The highest BCUT2D eigenvalue weighted by Gasteiger charge is 2.15. The van der Waals surface area contributed by atoms with Crippen molar-refractivity contribution in [1.29, 1.82) is 0 Å². The molecule has 0 aromatic heterocycles. The molecule has 0 aromatic rings. The van der Waals surface area contributed by atoms with Crippen LogP contribution in [0.5, 0.6) is 0 Å². The van der Waals surface area contributed by atoms with E-state index in [1.807, 2.05) is 0 Å². The summed E-state index contributed by atoms with van der Waals surface area (Å²) in [7, 11) is 0. The average Bonchev–Trinajstić information content (AvgIpc) is 1.63. The fourth-order valence-electron chi connectivity index (χ4n) is 1.16. The van der Waals surface area contributed by atoms with Crippen molar-refractivity contribution in [2.45, 2.75) is 32.1 Å². The zero-order valence-electron chi connectivity index (χ0n) is 5.27. The van der Waals surface area contributed by atoms with E-state index in [1.165, 1.54) is 32.1 Å². The number of hydrogen-bond acceptors (Lipinski definition) is 1. The summed E-state index contributed by atoms with van der Waals surface area (Å²) in [6.45, 7) is 0. The third-order valence-electron chi connectivity index (χ3n) is 2.00. The predicted molar refractivity (Wildman–Crippen MR) is 40.4 cm³/mol. The van der Waals surface area contributed by atoms with E-state index in [0.29, 0.717) is 0 Å². The highest BCUT2D eigenvalue weighted by Crippen LogP contribution is 2.30. The molecular weight excluding hydrogens is 116 g/mol. The van der Waals surface area contributed by atoms with E-state index in [0.717, 1.165) is 11.7 Å². The second-order valence-electron chi connectivity index (χ2n) is 2.66. The molecule has 1 aliphatic rings. The smallest absolute Gasteiger partial charge is 0.00978 e. The highest BCUT2D eigenvalue weighted by molar-refractivity contribution is 7.80. The Balaban J connectivity index is 1.86. The number of hydrogen-bond donors (Lipinski definition) is 1. The minimum atomic E-state index is 1.08. The summed E-state index contributed by atoms with van der Waals surface area (Å²) >= 11 is 4.16. The molecule has 0 amide bonds. The molecule has 1 heteroatoms. The fraction of sp³-hybridized carbons (Fsp3) is 1.00. The first-order valence-electron chi connectivity index (χ1n) is 3.54. The maximum Gasteiger partial charge on any atom is -0.00978 e. The van der Waals surface area contributed by atoms with Crippen LogP contribution in [-0.2, 0) is 0 Å². The minimum absolute atomic E-state index is 1.08. The van der Waals surface area contributed by atoms with Crippen molar-refractivity contribution in [2.24, 2.45) is 5.92 Å². The SMILES string of the molecule is SCCCC1CCC1. The predicted octanol–water partition coefficient (Wildman–Crippen LogP) is 2.50. The largest absolute Gasteiger partial charge is 0.179 e. The first kappa shape index (κ1) is 6.47. The molecule has 0 aliphatic heterocycles. The summed E-state index contributed by atoms with van der Waals surface area (Å²) in [5.74, 6) is 2.17. The van der Waals surface area contributed by atoms with E-state index in [9.17, 15) is 0 Å². The summed E-state index contributed by atoms with van der Waals surface area (Å²) in [5, 5.41) is 0. The normalized spacial score (nSPS) is 20.6. The Hall–Kier alpha value is 0.350. The summed E-state index contributed by atoms with van der Waals surface area (Å²) in [6.07, 6.45) is 7.23. The summed E-state index contributed by atoms with van der Waals surface area (Å²) in [6, 6.07) is 0. The van der Waals surface area contributed by atoms with Crippen molar-refractivity contribution in [1.82, 2.24) is 0 Å². The topological polar surface area (TPSA) is 0 Å². The zero-order chi connectivity index (χ0) is 5.82. The van der Waals surface area contributed by atoms with Crippen LogP contribution in [-0.4, -0.2) is 5.75 Å². The van der Waals surface area contributed by atoms with Gasteiger partial charge in [0.2, 0.25) is 0 Å². The molecule has 1 rings (SSSR count). The average molecular weight is 130 g/mol. The van der Waals surface area contributed by atoms with Crippen molar-refractivity contribution in [3.63, 3.8) is 0 Å². The van der Waals surface area contributed by atoms with Crippen LogP contribution < -0.4 is 0 Å². The van der Waals surface area contributed by atoms with E-state index < -0.39 is 0 Å². The summed E-state index contributed by atoms with van der Waals surface area (Å²) in [4.78, 5) is 0. The number of thiol groups is 1. The molecule has 48 valence electrons. The minimum Gasteiger partial charge on any atom is -0.179 e. The molecule has 0 unspecified atom stereocenters. The maximum absolute atomic E-state index is 4.16. The van der Waals surface area contributed by atoms with Crippen LogP contribution in [0.15, 0.2) is 0 Å². The van der Waals surface area contributed by atoms with Gasteiger partial charge in [-0.1, -0.05) is 19.3 Å². The van der Waals surface area contributed by atoms with Gasteiger partial charge in [0, 0.05) is 0 Å². The van der Waals surface area contributed by atoms with Crippen molar-refractivity contribution < 1.29 is 0 Å². The zero-order valence-corrected chi connectivity index (χ0v) is 6.16. The lowest BCUT2D eigenvalue weighted by Gasteiger charge is -2.24. The van der Waals surface area contributed by atoms with Gasteiger partial charge in [0.1, 0.15) is 0 Å². The Morgan fingerprint density at radius 3 is 2.50 bits per heavy atom. The Kier molecular flexibility index (Phi) is 2.74. The van der Waals surface area contributed by atoms with Crippen LogP contribution >= 0.6 is 12.6 Å². The first-order valence-corrected chi connectivity index (χ1v) is 4.17. The Morgan fingerprint density at radius 1 is 1.38 bits per heavy atom. The third-order valence-corrected chi connectivity index (χ3v) is 2.31. The van der Waals surface area contributed by atoms with Gasteiger partial charge in [-0.2, -0.15) is 12.6 Å². The monoisotopic (exact) mass is 130 g/mol. The van der Waals surface area contributed by atoms with Gasteiger partial charge < -0.3 is 0 Å². The van der Waals surface area contributed by atoms with Gasteiger partial charge in [-0.15, -0.1) is 0 Å². The van der Waals surface area contributed by atoms with Gasteiger partial charge in [-0.05, 0) is 24.5 Å². The summed E-state index contributed by atoms with van der Waals surface area (Å²) in [5.41, 5.74) is 0. The number of rotatable bonds is 3. The first-order chi connectivity index (χ1) is 3.93. The van der Waals surface area contributed by atoms with E-state index >= 15 is 0 Å². The van der Waals surface area contributed by atoms with Crippen LogP contribution in [0.25, 0.3) is 0 Å². The second-order valence-corrected chi connectivity index (χ2v) is 3.11. The molecule has 0 aromatic carbocycles. The maximum atomic E-state index is 4.16. The molecule has 0 N–H and O–H groups in total. The van der Waals surface area contributed by atoms with E-state index in [2.05, 4.69) is 12.6 Å². The van der Waals surface area contributed by atoms with Gasteiger partial charge in [-0.25, -0.2) is 0 Å². The molecule has 8 heavy (non-hydrogen) atoms. The lowest BCUT2D eigenvalue weighted by Crippen LogP contribution is -2.10. The molecular formula is C7H14S. The molecule has 0 atom stereocenters. The van der Waals surface area contributed by atoms with Gasteiger partial charge in [-0.3, -0.25) is 0 Å². The molecule has 0 saturated heterocycles. The van der Waals surface area contributed by atoms with Crippen LogP contribution in [0.3, 0.4) is 0 Å². The van der Waals surface area contributed by atoms with Crippen LogP contribution in [0.4, 0.5) is 0 Å². The lowest BCUT2D eigenvalue weighted by molar-refractivity contribution is 0.294. The van der Waals surface area contributed by atoms with Crippen LogP contribution in [0.2, 0.25) is 0 Å². The second kappa shape index (κ2) is 3.39. The van der Waals surface area contributed by atoms with Crippen molar-refractivity contribution in [3.8, 4) is 0 Å². The Morgan fingerprint density at radius 2 is 2.12 bits per heavy atom. The van der Waals surface area contributed by atoms with Crippen molar-refractivity contribution in [3.05, 3.63) is 0 Å². The molecule has 0 radical (unpaired) electrons. The highest BCUT2D eigenvalue weighted by atomic mass is 32.1. The molecule has 1 aliphatic carbocycles. The van der Waals surface area contributed by atoms with E-state index in [1.54, 1.807) is 0 Å². The molecule has 0 spiro atoms. The van der Waals surface area contributed by atoms with Gasteiger partial charge in [0.25, 0.3) is 0 Å². The Bertz CT molecular complexity index is 57.4. The van der Waals surface area contributed by atoms with E-state index in [4.69, 9.17) is 0 Å². The lowest BCUT2D eigenvalue weighted by atomic mass is 9.82. The molecule has 1 saturated carbocycles. The Labute approximate surface area is 57.1 Å². The molecule has 0 bridgehead atoms. The van der Waals surface area contributed by atoms with Crippen molar-refractivity contribution in [2.75, 3.05) is 5.75 Å². The van der Waals surface area contributed by atoms with Gasteiger partial charge >= 0.3 is 0 Å². The molecule has 1 fully saturated rings. The van der Waals surface area contributed by atoms with E-state index in [-0.39, 0.29) is 0 Å².